The van der Waals surface area contributed by atoms with E-state index in [-0.39, 0.29) is 0 Å². The lowest BCUT2D eigenvalue weighted by molar-refractivity contribution is 0.245. The molecule has 0 aliphatic heterocycles. The van der Waals surface area contributed by atoms with E-state index in [0.29, 0.717) is 6.67 Å². The van der Waals surface area contributed by atoms with Crippen molar-refractivity contribution >= 4 is 28.7 Å². The van der Waals surface area contributed by atoms with E-state index in [2.05, 4.69) is 41.4 Å². The molecule has 2 rings (SSSR count). The van der Waals surface area contributed by atoms with Crippen molar-refractivity contribution < 1.29 is 4.74 Å². The molecule has 0 bridgehead atoms. The number of hydrogen-bond donors (Lipinski definition) is 1. The first-order valence-corrected chi connectivity index (χ1v) is 8.48. The summed E-state index contributed by atoms with van der Waals surface area (Å²) in [6.07, 6.45) is 1.07. The third kappa shape index (κ3) is 4.79. The van der Waals surface area contributed by atoms with Crippen molar-refractivity contribution in [3.8, 4) is 5.75 Å². The van der Waals surface area contributed by atoms with Crippen LogP contribution >= 0.6 is 23.6 Å². The lowest BCUT2D eigenvalue weighted by atomic mass is 10.2. The third-order valence-electron chi connectivity index (χ3n) is 3.12. The number of rotatable bonds is 8. The van der Waals surface area contributed by atoms with Gasteiger partial charge >= 0.3 is 0 Å². The number of ether oxygens (including phenoxy) is 1. The number of aromatic nitrogens is 2. The molecule has 1 N–H and O–H groups in total. The monoisotopic (exact) mass is 338 g/mol. The summed E-state index contributed by atoms with van der Waals surface area (Å²) in [5.74, 6) is 0.875. The van der Waals surface area contributed by atoms with Crippen LogP contribution in [-0.2, 0) is 13.2 Å². The Kier molecular flexibility index (Phi) is 6.35. The molecule has 0 aliphatic carbocycles. The maximum Gasteiger partial charge on any atom is 0.204 e. The first-order valence-electron chi connectivity index (χ1n) is 7.25. The Labute approximate surface area is 140 Å². The number of methoxy groups -OCH3 is 1. The highest BCUT2D eigenvalue weighted by Gasteiger charge is 2.06. The fraction of sp³-hybridized carbons (Fsp3) is 0.467. The standard InChI is InChI=1S/C15H22N4OS2/c1-4-9-16-14-17-19(15(21)22-14)11-18(2)10-12-5-7-13(20-3)8-6-12/h5-8H,4,9-11H2,1-3H3,(H,16,17). The minimum atomic E-state index is 0.676. The molecule has 7 heteroatoms. The topological polar surface area (TPSA) is 42.3 Å². The lowest BCUT2D eigenvalue weighted by Gasteiger charge is -2.16. The number of benzene rings is 1. The summed E-state index contributed by atoms with van der Waals surface area (Å²) in [4.78, 5) is 2.18. The molecule has 0 saturated carbocycles. The van der Waals surface area contributed by atoms with E-state index in [4.69, 9.17) is 17.0 Å². The second kappa shape index (κ2) is 8.26. The van der Waals surface area contributed by atoms with Gasteiger partial charge in [0.15, 0.2) is 3.95 Å². The van der Waals surface area contributed by atoms with Crippen LogP contribution in [0.1, 0.15) is 18.9 Å². The van der Waals surface area contributed by atoms with Crippen LogP contribution in [0.15, 0.2) is 24.3 Å². The molecule has 0 aliphatic rings. The van der Waals surface area contributed by atoms with Crippen LogP contribution in [0, 0.1) is 3.95 Å². The average Bonchev–Trinajstić information content (AvgIpc) is 2.86. The van der Waals surface area contributed by atoms with Crippen LogP contribution in [0.4, 0.5) is 5.13 Å². The molecular weight excluding hydrogens is 316 g/mol. The zero-order chi connectivity index (χ0) is 15.9. The minimum absolute atomic E-state index is 0.676. The van der Waals surface area contributed by atoms with Gasteiger partial charge in [0.25, 0.3) is 0 Å². The molecule has 22 heavy (non-hydrogen) atoms. The number of anilines is 1. The van der Waals surface area contributed by atoms with Crippen molar-refractivity contribution in [3.63, 3.8) is 0 Å². The van der Waals surface area contributed by atoms with Crippen molar-refractivity contribution in [2.45, 2.75) is 26.6 Å². The Hall–Kier alpha value is -1.44. The molecule has 0 unspecified atom stereocenters. The van der Waals surface area contributed by atoms with Crippen LogP contribution in [0.2, 0.25) is 0 Å². The molecule has 1 aromatic heterocycles. The Morgan fingerprint density at radius 1 is 1.36 bits per heavy atom. The van der Waals surface area contributed by atoms with E-state index in [1.54, 1.807) is 7.11 Å². The smallest absolute Gasteiger partial charge is 0.204 e. The molecule has 0 saturated heterocycles. The molecular formula is C15H22N4OS2. The number of nitrogens with one attached hydrogen (secondary N) is 1. The van der Waals surface area contributed by atoms with Crippen molar-refractivity contribution in [2.75, 3.05) is 26.0 Å². The van der Waals surface area contributed by atoms with Crippen molar-refractivity contribution in [1.29, 1.82) is 0 Å². The Bertz CT molecular complexity index is 636. The zero-order valence-corrected chi connectivity index (χ0v) is 14.8. The van der Waals surface area contributed by atoms with E-state index >= 15 is 0 Å². The summed E-state index contributed by atoms with van der Waals surface area (Å²) in [5.41, 5.74) is 1.23. The van der Waals surface area contributed by atoms with Gasteiger partial charge in [0.1, 0.15) is 5.75 Å². The van der Waals surface area contributed by atoms with E-state index in [0.717, 1.165) is 34.3 Å². The van der Waals surface area contributed by atoms with Gasteiger partial charge in [-0.1, -0.05) is 30.4 Å². The molecule has 5 nitrogen and oxygen atoms in total. The van der Waals surface area contributed by atoms with Gasteiger partial charge in [0.05, 0.1) is 13.8 Å². The fourth-order valence-electron chi connectivity index (χ4n) is 2.02. The molecule has 0 spiro atoms. The molecule has 1 heterocycles. The van der Waals surface area contributed by atoms with E-state index < -0.39 is 0 Å². The highest BCUT2D eigenvalue weighted by atomic mass is 32.1. The van der Waals surface area contributed by atoms with Crippen molar-refractivity contribution in [3.05, 3.63) is 33.8 Å². The van der Waals surface area contributed by atoms with E-state index in [9.17, 15) is 0 Å². The predicted molar refractivity (Wildman–Crippen MR) is 94.2 cm³/mol. The quantitative estimate of drug-likeness (QED) is 0.745. The largest absolute Gasteiger partial charge is 0.497 e. The van der Waals surface area contributed by atoms with Crippen LogP contribution < -0.4 is 10.1 Å². The second-order valence-electron chi connectivity index (χ2n) is 5.10. The van der Waals surface area contributed by atoms with Crippen molar-refractivity contribution in [1.82, 2.24) is 14.7 Å². The molecule has 0 amide bonds. The summed E-state index contributed by atoms with van der Waals surface area (Å²) >= 11 is 6.89. The average molecular weight is 339 g/mol. The number of hydrogen-bond acceptors (Lipinski definition) is 6. The Morgan fingerprint density at radius 2 is 2.09 bits per heavy atom. The van der Waals surface area contributed by atoms with Gasteiger partial charge in [-0.05, 0) is 43.4 Å². The van der Waals surface area contributed by atoms with Gasteiger partial charge in [0.2, 0.25) is 5.13 Å². The van der Waals surface area contributed by atoms with Gasteiger partial charge in [-0.15, -0.1) is 5.10 Å². The highest BCUT2D eigenvalue weighted by Crippen LogP contribution is 2.16. The third-order valence-corrected chi connectivity index (χ3v) is 4.38. The normalized spacial score (nSPS) is 10.9. The van der Waals surface area contributed by atoms with E-state index in [1.807, 2.05) is 16.8 Å². The first-order chi connectivity index (χ1) is 10.6. The molecule has 0 fully saturated rings. The summed E-state index contributed by atoms with van der Waals surface area (Å²) in [6, 6.07) is 8.10. The van der Waals surface area contributed by atoms with Crippen LogP contribution in [0.5, 0.6) is 5.75 Å². The number of nitrogens with zero attached hydrogens (tertiary/aromatic N) is 3. The maximum atomic E-state index is 5.37. The van der Waals surface area contributed by atoms with Gasteiger partial charge in [-0.25, -0.2) is 4.68 Å². The predicted octanol–water partition coefficient (Wildman–Crippen LogP) is 3.59. The zero-order valence-electron chi connectivity index (χ0n) is 13.2. The molecule has 2 aromatic rings. The second-order valence-corrected chi connectivity index (χ2v) is 6.73. The Balaban J connectivity index is 1.94. The van der Waals surface area contributed by atoms with Crippen LogP contribution in [-0.4, -0.2) is 35.4 Å². The van der Waals surface area contributed by atoms with Gasteiger partial charge in [-0.3, -0.25) is 4.90 Å². The van der Waals surface area contributed by atoms with Gasteiger partial charge in [-0.2, -0.15) is 0 Å². The Morgan fingerprint density at radius 3 is 2.73 bits per heavy atom. The van der Waals surface area contributed by atoms with Gasteiger partial charge in [0, 0.05) is 13.1 Å². The van der Waals surface area contributed by atoms with Crippen molar-refractivity contribution in [2.24, 2.45) is 0 Å². The van der Waals surface area contributed by atoms with Crippen LogP contribution in [0.25, 0.3) is 0 Å². The maximum absolute atomic E-state index is 5.37. The van der Waals surface area contributed by atoms with Gasteiger partial charge < -0.3 is 10.1 Å². The highest BCUT2D eigenvalue weighted by molar-refractivity contribution is 7.73. The molecule has 0 radical (unpaired) electrons. The minimum Gasteiger partial charge on any atom is -0.497 e. The SMILES string of the molecule is CCCNc1nn(CN(C)Cc2ccc(OC)cc2)c(=S)s1. The first kappa shape index (κ1) is 16.9. The lowest BCUT2D eigenvalue weighted by Crippen LogP contribution is -2.22. The summed E-state index contributed by atoms with van der Waals surface area (Å²) in [5, 5.41) is 8.69. The summed E-state index contributed by atoms with van der Waals surface area (Å²) in [7, 11) is 3.74. The summed E-state index contributed by atoms with van der Waals surface area (Å²) < 4.78 is 7.83. The molecule has 1 aromatic carbocycles. The fourth-order valence-corrected chi connectivity index (χ4v) is 3.04. The van der Waals surface area contributed by atoms with E-state index in [1.165, 1.54) is 16.9 Å². The van der Waals surface area contributed by atoms with Crippen LogP contribution in [0.3, 0.4) is 0 Å². The summed E-state index contributed by atoms with van der Waals surface area (Å²) in [6.45, 7) is 4.56. The molecule has 0 atom stereocenters. The molecule has 120 valence electrons.